The summed E-state index contributed by atoms with van der Waals surface area (Å²) in [7, 11) is 0. The molecule has 7 heteroatoms. The third kappa shape index (κ3) is 4.20. The van der Waals surface area contributed by atoms with Crippen LogP contribution in [0.5, 0.6) is 0 Å². The van der Waals surface area contributed by atoms with Crippen LogP contribution in [0.25, 0.3) is 10.9 Å². The van der Waals surface area contributed by atoms with E-state index in [1.807, 2.05) is 39.9 Å². The van der Waals surface area contributed by atoms with Crippen molar-refractivity contribution in [1.29, 1.82) is 0 Å². The van der Waals surface area contributed by atoms with E-state index in [4.69, 9.17) is 4.52 Å². The van der Waals surface area contributed by atoms with Crippen LogP contribution >= 0.6 is 0 Å². The lowest BCUT2D eigenvalue weighted by atomic mass is 9.98. The summed E-state index contributed by atoms with van der Waals surface area (Å²) in [5.41, 5.74) is 1.68. The van der Waals surface area contributed by atoms with Crippen molar-refractivity contribution in [2.45, 2.75) is 58.4 Å². The van der Waals surface area contributed by atoms with Gasteiger partial charge >= 0.3 is 0 Å². The Bertz CT molecular complexity index is 1140. The molecule has 0 spiro atoms. The van der Waals surface area contributed by atoms with E-state index in [1.165, 1.54) is 0 Å². The Morgan fingerprint density at radius 3 is 2.78 bits per heavy atom. The van der Waals surface area contributed by atoms with Crippen LogP contribution in [-0.2, 0) is 17.8 Å². The Kier molecular flexibility index (Phi) is 5.57. The molecule has 1 aromatic carbocycles. The molecule has 1 unspecified atom stereocenters. The molecule has 3 heterocycles. The summed E-state index contributed by atoms with van der Waals surface area (Å²) in [6.45, 7) is 5.81. The van der Waals surface area contributed by atoms with E-state index in [1.54, 1.807) is 0 Å². The molecule has 0 bridgehead atoms. The number of carbonyl (C=O) groups excluding carboxylic acids is 2. The first-order valence-corrected chi connectivity index (χ1v) is 11.7. The van der Waals surface area contributed by atoms with E-state index >= 15 is 0 Å². The van der Waals surface area contributed by atoms with Crippen LogP contribution in [0.4, 0.5) is 0 Å². The van der Waals surface area contributed by atoms with Crippen molar-refractivity contribution >= 4 is 22.6 Å². The van der Waals surface area contributed by atoms with Crippen LogP contribution in [0.1, 0.15) is 67.5 Å². The second-order valence-electron chi connectivity index (χ2n) is 9.65. The number of Topliss-reactive ketones (excluding diaryl/α,β-unsaturated/α-hetero) is 1. The number of hydrogen-bond acceptors (Lipinski definition) is 5. The zero-order valence-electron chi connectivity index (χ0n) is 18.8. The summed E-state index contributed by atoms with van der Waals surface area (Å²) in [4.78, 5) is 32.5. The molecule has 1 saturated heterocycles. The highest BCUT2D eigenvalue weighted by Crippen LogP contribution is 2.35. The van der Waals surface area contributed by atoms with Gasteiger partial charge in [0.1, 0.15) is 6.54 Å². The Balaban J connectivity index is 1.31. The maximum atomic E-state index is 13.2. The number of likely N-dealkylation sites (tertiary alicyclic amines) is 1. The second-order valence-corrected chi connectivity index (χ2v) is 9.65. The molecule has 168 valence electrons. The highest BCUT2D eigenvalue weighted by atomic mass is 16.5. The summed E-state index contributed by atoms with van der Waals surface area (Å²) >= 11 is 0. The summed E-state index contributed by atoms with van der Waals surface area (Å²) in [5, 5.41) is 5.06. The van der Waals surface area contributed by atoms with Gasteiger partial charge in [-0.05, 0) is 37.7 Å². The number of piperidine rings is 1. The highest BCUT2D eigenvalue weighted by Gasteiger charge is 2.33. The molecule has 1 amide bonds. The Morgan fingerprint density at radius 2 is 2.00 bits per heavy atom. The normalized spacial score (nSPS) is 19.1. The number of aromatic nitrogens is 3. The number of carbonyl (C=O) groups is 2. The molecule has 1 saturated carbocycles. The Hall–Kier alpha value is -2.96. The van der Waals surface area contributed by atoms with Crippen molar-refractivity contribution in [3.63, 3.8) is 0 Å². The van der Waals surface area contributed by atoms with Gasteiger partial charge in [0.2, 0.25) is 11.8 Å². The predicted molar refractivity (Wildman–Crippen MR) is 120 cm³/mol. The maximum Gasteiger partial charge on any atom is 0.242 e. The van der Waals surface area contributed by atoms with Gasteiger partial charge in [0.15, 0.2) is 11.6 Å². The zero-order valence-corrected chi connectivity index (χ0v) is 18.8. The first-order valence-electron chi connectivity index (χ1n) is 11.7. The molecule has 32 heavy (non-hydrogen) atoms. The molecule has 2 aliphatic rings. The minimum Gasteiger partial charge on any atom is -0.340 e. The van der Waals surface area contributed by atoms with Crippen molar-refractivity contribution in [2.75, 3.05) is 13.1 Å². The number of benzene rings is 1. The first-order chi connectivity index (χ1) is 15.5. The number of fused-ring (bicyclic) bond motifs is 1. The fourth-order valence-electron chi connectivity index (χ4n) is 4.67. The van der Waals surface area contributed by atoms with Crippen LogP contribution in [0, 0.1) is 11.8 Å². The van der Waals surface area contributed by atoms with Crippen molar-refractivity contribution in [3.05, 3.63) is 47.7 Å². The van der Waals surface area contributed by atoms with Gasteiger partial charge in [-0.2, -0.15) is 4.98 Å². The smallest absolute Gasteiger partial charge is 0.242 e. The Morgan fingerprint density at radius 1 is 1.19 bits per heavy atom. The third-order valence-electron chi connectivity index (χ3n) is 6.51. The monoisotopic (exact) mass is 434 g/mol. The molecule has 5 rings (SSSR count). The fourth-order valence-corrected chi connectivity index (χ4v) is 4.67. The van der Waals surface area contributed by atoms with Crippen LogP contribution in [0.2, 0.25) is 0 Å². The standard InChI is InChI=1S/C25H30N4O3/c1-16(2)12-22-26-25(32-27-22)18-6-5-11-28(13-18)23(30)15-29-14-20(24(31)17-9-10-17)19-7-3-4-8-21(19)29/h3-4,7-8,14,16-18H,5-6,9-13,15H2,1-2H3. The molecule has 1 atom stereocenters. The van der Waals surface area contributed by atoms with Crippen molar-refractivity contribution in [3.8, 4) is 0 Å². The third-order valence-corrected chi connectivity index (χ3v) is 6.51. The van der Waals surface area contributed by atoms with E-state index in [0.29, 0.717) is 18.4 Å². The van der Waals surface area contributed by atoms with Gasteiger partial charge in [-0.15, -0.1) is 0 Å². The highest BCUT2D eigenvalue weighted by molar-refractivity contribution is 6.10. The van der Waals surface area contributed by atoms with E-state index < -0.39 is 0 Å². The van der Waals surface area contributed by atoms with Gasteiger partial charge in [-0.1, -0.05) is 37.2 Å². The van der Waals surface area contributed by atoms with Crippen molar-refractivity contribution in [2.24, 2.45) is 11.8 Å². The number of rotatable bonds is 7. The minimum atomic E-state index is 0.0581. The molecular formula is C25H30N4O3. The van der Waals surface area contributed by atoms with Crippen LogP contribution < -0.4 is 0 Å². The van der Waals surface area contributed by atoms with Gasteiger partial charge in [-0.25, -0.2) is 0 Å². The van der Waals surface area contributed by atoms with Crippen LogP contribution in [0.3, 0.4) is 0 Å². The summed E-state index contributed by atoms with van der Waals surface area (Å²) < 4.78 is 7.46. The second kappa shape index (κ2) is 8.52. The number of para-hydroxylation sites is 1. The zero-order chi connectivity index (χ0) is 22.2. The molecule has 0 N–H and O–H groups in total. The van der Waals surface area contributed by atoms with E-state index in [-0.39, 0.29) is 30.1 Å². The van der Waals surface area contributed by atoms with Gasteiger partial charge in [-0.3, -0.25) is 9.59 Å². The van der Waals surface area contributed by atoms with E-state index in [9.17, 15) is 9.59 Å². The van der Waals surface area contributed by atoms with Crippen molar-refractivity contribution in [1.82, 2.24) is 19.6 Å². The van der Waals surface area contributed by atoms with Gasteiger partial charge in [0.05, 0.1) is 5.92 Å². The Labute approximate surface area is 187 Å². The van der Waals surface area contributed by atoms with E-state index in [0.717, 1.165) is 60.9 Å². The SMILES string of the molecule is CC(C)Cc1noc(C2CCCN(C(=O)Cn3cc(C(=O)C4CC4)c4ccccc43)C2)n1. The first kappa shape index (κ1) is 20.9. The summed E-state index contributed by atoms with van der Waals surface area (Å²) in [6, 6.07) is 7.87. The molecule has 2 aromatic heterocycles. The van der Waals surface area contributed by atoms with Gasteiger partial charge in [0, 0.05) is 48.1 Å². The van der Waals surface area contributed by atoms with Crippen molar-refractivity contribution < 1.29 is 14.1 Å². The molecule has 7 nitrogen and oxygen atoms in total. The maximum absolute atomic E-state index is 13.2. The van der Waals surface area contributed by atoms with E-state index in [2.05, 4.69) is 24.0 Å². The molecule has 1 aliphatic carbocycles. The fraction of sp³-hybridized carbons (Fsp3) is 0.520. The molecule has 1 aliphatic heterocycles. The molecular weight excluding hydrogens is 404 g/mol. The quantitative estimate of drug-likeness (QED) is 0.520. The summed E-state index contributed by atoms with van der Waals surface area (Å²) in [6.07, 6.45) is 6.47. The number of amides is 1. The topological polar surface area (TPSA) is 81.2 Å². The predicted octanol–water partition coefficient (Wildman–Crippen LogP) is 4.22. The lowest BCUT2D eigenvalue weighted by Crippen LogP contribution is -2.40. The number of hydrogen-bond donors (Lipinski definition) is 0. The average Bonchev–Trinajstić information content (AvgIpc) is 3.44. The lowest BCUT2D eigenvalue weighted by Gasteiger charge is -2.31. The summed E-state index contributed by atoms with van der Waals surface area (Å²) in [5.74, 6) is 2.35. The average molecular weight is 435 g/mol. The van der Waals surface area contributed by atoms with Gasteiger partial charge < -0.3 is 14.0 Å². The largest absolute Gasteiger partial charge is 0.340 e. The lowest BCUT2D eigenvalue weighted by molar-refractivity contribution is -0.133. The van der Waals surface area contributed by atoms with Crippen LogP contribution in [-0.4, -0.2) is 44.4 Å². The number of ketones is 1. The number of nitrogens with zero attached hydrogens (tertiary/aromatic N) is 4. The van der Waals surface area contributed by atoms with Crippen LogP contribution in [0.15, 0.2) is 35.0 Å². The molecule has 3 aromatic rings. The molecule has 0 radical (unpaired) electrons. The molecule has 2 fully saturated rings. The minimum absolute atomic E-state index is 0.0581. The van der Waals surface area contributed by atoms with Gasteiger partial charge in [0.25, 0.3) is 0 Å².